The number of rotatable bonds is 5. The molecule has 0 bridgehead atoms. The topological polar surface area (TPSA) is 79.5 Å². The molecule has 2 amide bonds. The lowest BCUT2D eigenvalue weighted by atomic mass is 9.91. The number of pyridine rings is 1. The number of aromatic nitrogens is 1. The van der Waals surface area contributed by atoms with E-state index < -0.39 is 5.54 Å². The third-order valence-corrected chi connectivity index (χ3v) is 5.42. The minimum absolute atomic E-state index is 0.0959. The van der Waals surface area contributed by atoms with Crippen molar-refractivity contribution < 1.29 is 9.59 Å². The largest absolute Gasteiger partial charge is 0.341 e. The Bertz CT molecular complexity index is 861. The Morgan fingerprint density at radius 3 is 2.62 bits per heavy atom. The zero-order valence-corrected chi connectivity index (χ0v) is 17.5. The van der Waals surface area contributed by atoms with Crippen molar-refractivity contribution in [1.29, 1.82) is 0 Å². The van der Waals surface area contributed by atoms with E-state index in [0.717, 1.165) is 16.7 Å². The van der Waals surface area contributed by atoms with E-state index in [1.165, 1.54) is 0 Å². The average molecular weight is 395 g/mol. The van der Waals surface area contributed by atoms with Gasteiger partial charge in [0.15, 0.2) is 0 Å². The summed E-state index contributed by atoms with van der Waals surface area (Å²) in [4.78, 5) is 33.8. The summed E-state index contributed by atoms with van der Waals surface area (Å²) in [5, 5.41) is 0. The van der Waals surface area contributed by atoms with Gasteiger partial charge in [-0.2, -0.15) is 0 Å². The van der Waals surface area contributed by atoms with Crippen LogP contribution in [0.1, 0.15) is 26.3 Å². The first kappa shape index (κ1) is 21.0. The van der Waals surface area contributed by atoms with Crippen LogP contribution in [-0.4, -0.2) is 58.3 Å². The van der Waals surface area contributed by atoms with Crippen molar-refractivity contribution in [2.45, 2.75) is 32.7 Å². The molecule has 6 heteroatoms. The van der Waals surface area contributed by atoms with Crippen LogP contribution in [-0.2, 0) is 16.0 Å². The maximum Gasteiger partial charge on any atom is 0.242 e. The summed E-state index contributed by atoms with van der Waals surface area (Å²) in [6.07, 6.45) is 4.15. The molecule has 0 aliphatic carbocycles. The van der Waals surface area contributed by atoms with E-state index in [-0.39, 0.29) is 17.7 Å². The Labute approximate surface area is 172 Å². The molecule has 0 saturated carbocycles. The van der Waals surface area contributed by atoms with E-state index in [2.05, 4.69) is 17.1 Å². The highest BCUT2D eigenvalue weighted by molar-refractivity contribution is 5.87. The van der Waals surface area contributed by atoms with Crippen molar-refractivity contribution in [3.05, 3.63) is 54.4 Å². The minimum atomic E-state index is -0.956. The molecule has 0 spiro atoms. The van der Waals surface area contributed by atoms with Crippen molar-refractivity contribution in [3.63, 3.8) is 0 Å². The molecule has 1 atom stereocenters. The number of hydrogen-bond donors (Lipinski definition) is 1. The number of likely N-dealkylation sites (N-methyl/N-ethyl adjacent to an activating group) is 1. The molecule has 1 aromatic carbocycles. The van der Waals surface area contributed by atoms with Crippen molar-refractivity contribution >= 4 is 11.8 Å². The Morgan fingerprint density at radius 2 is 1.97 bits per heavy atom. The van der Waals surface area contributed by atoms with Gasteiger partial charge in [-0.3, -0.25) is 14.6 Å². The molecule has 1 aromatic heterocycles. The SMILES string of the molecule is CCN1CCN(C(=O)C(C)(C)N)C[C@@H](Cc2ccccc2-c2cccnc2)C1=O. The number of carbonyl (C=O) groups is 2. The molecule has 1 fully saturated rings. The third kappa shape index (κ3) is 4.82. The number of nitrogens with two attached hydrogens (primary N) is 1. The monoisotopic (exact) mass is 394 g/mol. The molecule has 6 nitrogen and oxygen atoms in total. The van der Waals surface area contributed by atoms with Crippen LogP contribution in [0.15, 0.2) is 48.8 Å². The third-order valence-electron chi connectivity index (χ3n) is 5.42. The molecule has 3 rings (SSSR count). The minimum Gasteiger partial charge on any atom is -0.341 e. The molecule has 2 heterocycles. The van der Waals surface area contributed by atoms with E-state index >= 15 is 0 Å². The second-order valence-electron chi connectivity index (χ2n) is 8.19. The molecule has 0 unspecified atom stereocenters. The summed E-state index contributed by atoms with van der Waals surface area (Å²) in [5.74, 6) is -0.325. The van der Waals surface area contributed by atoms with Gasteiger partial charge in [0.05, 0.1) is 11.5 Å². The highest BCUT2D eigenvalue weighted by Crippen LogP contribution is 2.27. The molecular weight excluding hydrogens is 364 g/mol. The second kappa shape index (κ2) is 8.74. The Balaban J connectivity index is 1.91. The quantitative estimate of drug-likeness (QED) is 0.844. The molecule has 1 aliphatic rings. The van der Waals surface area contributed by atoms with Crippen molar-refractivity contribution in [3.8, 4) is 11.1 Å². The summed E-state index contributed by atoms with van der Waals surface area (Å²) >= 11 is 0. The fourth-order valence-electron chi connectivity index (χ4n) is 3.87. The van der Waals surface area contributed by atoms with Gasteiger partial charge in [-0.05, 0) is 44.4 Å². The summed E-state index contributed by atoms with van der Waals surface area (Å²) in [6.45, 7) is 7.48. The van der Waals surface area contributed by atoms with E-state index in [0.29, 0.717) is 32.6 Å². The van der Waals surface area contributed by atoms with Gasteiger partial charge in [0.25, 0.3) is 0 Å². The molecule has 154 valence electrons. The van der Waals surface area contributed by atoms with Gasteiger partial charge in [0, 0.05) is 44.1 Å². The fourth-order valence-corrected chi connectivity index (χ4v) is 3.87. The number of hydrogen-bond acceptors (Lipinski definition) is 4. The number of nitrogens with zero attached hydrogens (tertiary/aromatic N) is 3. The van der Waals surface area contributed by atoms with Gasteiger partial charge < -0.3 is 15.5 Å². The summed E-state index contributed by atoms with van der Waals surface area (Å²) in [5.41, 5.74) is 8.28. The summed E-state index contributed by atoms with van der Waals surface area (Å²) in [7, 11) is 0. The smallest absolute Gasteiger partial charge is 0.242 e. The standard InChI is InChI=1S/C23H30N4O2/c1-4-26-12-13-27(22(29)23(2,3)24)16-19(21(26)28)14-17-8-5-6-10-20(17)18-9-7-11-25-15-18/h5-11,15,19H,4,12-14,16,24H2,1-3H3/t19-/m1/s1. The van der Waals surface area contributed by atoms with Crippen LogP contribution < -0.4 is 5.73 Å². The average Bonchev–Trinajstić information content (AvgIpc) is 2.87. The van der Waals surface area contributed by atoms with Crippen LogP contribution in [0.5, 0.6) is 0 Å². The van der Waals surface area contributed by atoms with E-state index in [4.69, 9.17) is 5.73 Å². The molecular formula is C23H30N4O2. The van der Waals surface area contributed by atoms with Crippen molar-refractivity contribution in [2.24, 2.45) is 11.7 Å². The lowest BCUT2D eigenvalue weighted by Gasteiger charge is -2.29. The fraction of sp³-hybridized carbons (Fsp3) is 0.435. The van der Waals surface area contributed by atoms with Gasteiger partial charge in [0.2, 0.25) is 11.8 Å². The van der Waals surface area contributed by atoms with Crippen LogP contribution in [0.2, 0.25) is 0 Å². The number of benzene rings is 1. The van der Waals surface area contributed by atoms with Crippen LogP contribution in [0.25, 0.3) is 11.1 Å². The normalized spacial score (nSPS) is 17.9. The molecule has 1 saturated heterocycles. The molecule has 2 aromatic rings. The zero-order chi connectivity index (χ0) is 21.0. The van der Waals surface area contributed by atoms with Gasteiger partial charge >= 0.3 is 0 Å². The van der Waals surface area contributed by atoms with E-state index in [1.54, 1.807) is 24.9 Å². The molecule has 29 heavy (non-hydrogen) atoms. The first-order valence-corrected chi connectivity index (χ1v) is 10.2. The highest BCUT2D eigenvalue weighted by atomic mass is 16.2. The Morgan fingerprint density at radius 1 is 1.21 bits per heavy atom. The van der Waals surface area contributed by atoms with Gasteiger partial charge in [-0.25, -0.2) is 0 Å². The molecule has 0 radical (unpaired) electrons. The lowest BCUT2D eigenvalue weighted by molar-refractivity contribution is -0.136. The number of amides is 2. The van der Waals surface area contributed by atoms with E-state index in [1.807, 2.05) is 42.3 Å². The number of carbonyl (C=O) groups excluding carboxylic acids is 2. The van der Waals surface area contributed by atoms with Gasteiger partial charge in [0.1, 0.15) is 0 Å². The van der Waals surface area contributed by atoms with Crippen molar-refractivity contribution in [1.82, 2.24) is 14.8 Å². The maximum atomic E-state index is 13.2. The van der Waals surface area contributed by atoms with Crippen LogP contribution >= 0.6 is 0 Å². The maximum absolute atomic E-state index is 13.2. The Kier molecular flexibility index (Phi) is 6.33. The Hall–Kier alpha value is -2.73. The van der Waals surface area contributed by atoms with Gasteiger partial charge in [-0.1, -0.05) is 30.3 Å². The first-order chi connectivity index (χ1) is 13.8. The van der Waals surface area contributed by atoms with Gasteiger partial charge in [-0.15, -0.1) is 0 Å². The van der Waals surface area contributed by atoms with Crippen molar-refractivity contribution in [2.75, 3.05) is 26.2 Å². The predicted octanol–water partition coefficient (Wildman–Crippen LogP) is 2.34. The second-order valence-corrected chi connectivity index (χ2v) is 8.19. The predicted molar refractivity (Wildman–Crippen MR) is 114 cm³/mol. The van der Waals surface area contributed by atoms with Crippen LogP contribution in [0, 0.1) is 5.92 Å². The molecule has 1 aliphatic heterocycles. The lowest BCUT2D eigenvalue weighted by Crippen LogP contribution is -2.52. The summed E-state index contributed by atoms with van der Waals surface area (Å²) < 4.78 is 0. The first-order valence-electron chi connectivity index (χ1n) is 10.2. The summed E-state index contributed by atoms with van der Waals surface area (Å²) in [6, 6.07) is 12.0. The highest BCUT2D eigenvalue weighted by Gasteiger charge is 2.35. The van der Waals surface area contributed by atoms with Crippen LogP contribution in [0.4, 0.5) is 0 Å². The molecule has 2 N–H and O–H groups in total. The van der Waals surface area contributed by atoms with Crippen LogP contribution in [0.3, 0.4) is 0 Å². The zero-order valence-electron chi connectivity index (χ0n) is 17.5. The van der Waals surface area contributed by atoms with E-state index in [9.17, 15) is 9.59 Å².